The van der Waals surface area contributed by atoms with Gasteiger partial charge in [-0.1, -0.05) is 35.9 Å². The summed E-state index contributed by atoms with van der Waals surface area (Å²) < 4.78 is 0.808. The van der Waals surface area contributed by atoms with Crippen LogP contribution in [-0.2, 0) is 9.59 Å². The summed E-state index contributed by atoms with van der Waals surface area (Å²) in [5, 5.41) is 12.4. The summed E-state index contributed by atoms with van der Waals surface area (Å²) >= 11 is 8.58. The highest BCUT2D eigenvalue weighted by atomic mass is 35.5. The molecule has 7 nitrogen and oxygen atoms in total. The van der Waals surface area contributed by atoms with Crippen molar-refractivity contribution in [2.45, 2.75) is 42.5 Å². The Hall–Kier alpha value is -1.06. The maximum atomic E-state index is 12.0. The number of hydrogen-bond acceptors (Lipinski definition) is 7. The van der Waals surface area contributed by atoms with Crippen molar-refractivity contribution in [1.82, 2.24) is 20.4 Å². The summed E-state index contributed by atoms with van der Waals surface area (Å²) in [5.74, 6) is 0.933. The number of nitrogens with zero attached hydrogens (tertiary/aromatic N) is 4. The third-order valence-electron chi connectivity index (χ3n) is 4.65. The number of anilines is 1. The fourth-order valence-electron chi connectivity index (χ4n) is 3.24. The van der Waals surface area contributed by atoms with Crippen LogP contribution in [-0.4, -0.2) is 70.8 Å². The number of piperazine rings is 1. The quantitative estimate of drug-likeness (QED) is 0.539. The molecular formula is C16H24ClN5O2S2. The van der Waals surface area contributed by atoms with Gasteiger partial charge < -0.3 is 15.1 Å². The van der Waals surface area contributed by atoms with Gasteiger partial charge in [0, 0.05) is 44.5 Å². The van der Waals surface area contributed by atoms with E-state index >= 15 is 0 Å². The molecule has 1 aromatic heterocycles. The van der Waals surface area contributed by atoms with Gasteiger partial charge in [-0.05, 0) is 12.8 Å². The molecule has 1 aliphatic carbocycles. The SMILES string of the molecule is O=C(CSc1nnc(N2CCN(C(=O)CCCl)CC2)s1)NC1CCCC1. The smallest absolute Gasteiger partial charge is 0.230 e. The van der Waals surface area contributed by atoms with Crippen LogP contribution in [0.25, 0.3) is 0 Å². The zero-order valence-electron chi connectivity index (χ0n) is 14.7. The maximum absolute atomic E-state index is 12.0. The van der Waals surface area contributed by atoms with Gasteiger partial charge in [-0.15, -0.1) is 21.8 Å². The van der Waals surface area contributed by atoms with Gasteiger partial charge in [-0.3, -0.25) is 9.59 Å². The van der Waals surface area contributed by atoms with Gasteiger partial charge in [0.05, 0.1) is 5.75 Å². The van der Waals surface area contributed by atoms with E-state index in [-0.39, 0.29) is 11.8 Å². The minimum Gasteiger partial charge on any atom is -0.353 e. The number of carbonyl (C=O) groups excluding carboxylic acids is 2. The zero-order valence-corrected chi connectivity index (χ0v) is 17.0. The van der Waals surface area contributed by atoms with Gasteiger partial charge in [-0.25, -0.2) is 0 Å². The molecular weight excluding hydrogens is 394 g/mol. The van der Waals surface area contributed by atoms with Crippen LogP contribution in [0, 0.1) is 0 Å². The zero-order chi connectivity index (χ0) is 18.4. The molecule has 1 aromatic rings. The van der Waals surface area contributed by atoms with E-state index in [2.05, 4.69) is 20.4 Å². The number of halogens is 1. The molecule has 2 aliphatic rings. The number of aromatic nitrogens is 2. The second-order valence-corrected chi connectivity index (χ2v) is 9.05. The van der Waals surface area contributed by atoms with E-state index in [0.717, 1.165) is 35.4 Å². The van der Waals surface area contributed by atoms with Crippen molar-refractivity contribution >= 4 is 51.6 Å². The highest BCUT2D eigenvalue weighted by Crippen LogP contribution is 2.28. The summed E-state index contributed by atoms with van der Waals surface area (Å²) in [6.07, 6.45) is 5.01. The van der Waals surface area contributed by atoms with E-state index in [9.17, 15) is 9.59 Å². The van der Waals surface area contributed by atoms with E-state index in [0.29, 0.717) is 37.2 Å². The fraction of sp³-hybridized carbons (Fsp3) is 0.750. The summed E-state index contributed by atoms with van der Waals surface area (Å²) in [7, 11) is 0. The number of thioether (sulfide) groups is 1. The lowest BCUT2D eigenvalue weighted by atomic mass is 10.2. The number of amides is 2. The molecule has 0 radical (unpaired) electrons. The average Bonchev–Trinajstić information content (AvgIpc) is 3.32. The van der Waals surface area contributed by atoms with E-state index < -0.39 is 0 Å². The third-order valence-corrected chi connectivity index (χ3v) is 6.96. The third kappa shape index (κ3) is 5.47. The Labute approximate surface area is 166 Å². The molecule has 3 rings (SSSR count). The molecule has 0 atom stereocenters. The molecule has 1 N–H and O–H groups in total. The van der Waals surface area contributed by atoms with Gasteiger partial charge in [0.2, 0.25) is 16.9 Å². The molecule has 10 heteroatoms. The lowest BCUT2D eigenvalue weighted by Crippen LogP contribution is -2.48. The Morgan fingerprint density at radius 1 is 1.19 bits per heavy atom. The van der Waals surface area contributed by atoms with Crippen molar-refractivity contribution in [2.75, 3.05) is 42.7 Å². The average molecular weight is 418 g/mol. The molecule has 2 fully saturated rings. The molecule has 1 saturated carbocycles. The van der Waals surface area contributed by atoms with E-state index in [4.69, 9.17) is 11.6 Å². The number of hydrogen-bond donors (Lipinski definition) is 1. The number of nitrogens with one attached hydrogen (secondary N) is 1. The molecule has 144 valence electrons. The molecule has 2 heterocycles. The minimum atomic E-state index is 0.0741. The Morgan fingerprint density at radius 2 is 1.92 bits per heavy atom. The van der Waals surface area contributed by atoms with Gasteiger partial charge >= 0.3 is 0 Å². The molecule has 1 aliphatic heterocycles. The first-order chi connectivity index (χ1) is 12.7. The van der Waals surface area contributed by atoms with Crippen LogP contribution in [0.15, 0.2) is 4.34 Å². The normalized spacial score (nSPS) is 18.3. The van der Waals surface area contributed by atoms with Crippen LogP contribution in [0.3, 0.4) is 0 Å². The van der Waals surface area contributed by atoms with Gasteiger partial charge in [0.1, 0.15) is 0 Å². The molecule has 0 bridgehead atoms. The molecule has 0 unspecified atom stereocenters. The fourth-order valence-corrected chi connectivity index (χ4v) is 5.11. The Morgan fingerprint density at radius 3 is 2.62 bits per heavy atom. The van der Waals surface area contributed by atoms with Gasteiger partial charge in [-0.2, -0.15) is 0 Å². The monoisotopic (exact) mass is 417 g/mol. The van der Waals surface area contributed by atoms with Gasteiger partial charge in [0.15, 0.2) is 4.34 Å². The van der Waals surface area contributed by atoms with Crippen molar-refractivity contribution in [3.05, 3.63) is 0 Å². The first-order valence-electron chi connectivity index (χ1n) is 9.00. The highest BCUT2D eigenvalue weighted by Gasteiger charge is 2.23. The number of alkyl halides is 1. The van der Waals surface area contributed by atoms with Crippen LogP contribution in [0.1, 0.15) is 32.1 Å². The summed E-state index contributed by atoms with van der Waals surface area (Å²) in [6, 6.07) is 0.353. The predicted molar refractivity (Wildman–Crippen MR) is 105 cm³/mol. The Kier molecular flexibility index (Phi) is 7.39. The molecule has 26 heavy (non-hydrogen) atoms. The van der Waals surface area contributed by atoms with Crippen LogP contribution in [0.4, 0.5) is 5.13 Å². The second kappa shape index (κ2) is 9.75. The standard InChI is InChI=1S/C16H24ClN5O2S2/c17-6-5-14(24)21-7-9-22(10-8-21)15-19-20-16(26-15)25-11-13(23)18-12-3-1-2-4-12/h12H,1-11H2,(H,18,23). The van der Waals surface area contributed by atoms with Crippen molar-refractivity contribution in [3.8, 4) is 0 Å². The Balaban J connectivity index is 1.42. The summed E-state index contributed by atoms with van der Waals surface area (Å²) in [4.78, 5) is 27.9. The van der Waals surface area contributed by atoms with Crippen LogP contribution in [0.5, 0.6) is 0 Å². The lowest BCUT2D eigenvalue weighted by molar-refractivity contribution is -0.131. The molecule has 0 spiro atoms. The molecule has 1 saturated heterocycles. The van der Waals surface area contributed by atoms with Crippen molar-refractivity contribution < 1.29 is 9.59 Å². The largest absolute Gasteiger partial charge is 0.353 e. The van der Waals surface area contributed by atoms with Crippen LogP contribution in [0.2, 0.25) is 0 Å². The van der Waals surface area contributed by atoms with E-state index in [1.165, 1.54) is 35.9 Å². The lowest BCUT2D eigenvalue weighted by Gasteiger charge is -2.34. The van der Waals surface area contributed by atoms with E-state index in [1.54, 1.807) is 0 Å². The van der Waals surface area contributed by atoms with Crippen molar-refractivity contribution in [1.29, 1.82) is 0 Å². The minimum absolute atomic E-state index is 0.0741. The highest BCUT2D eigenvalue weighted by molar-refractivity contribution is 8.01. The van der Waals surface area contributed by atoms with Crippen LogP contribution >= 0.6 is 34.7 Å². The molecule has 2 amide bonds. The first-order valence-corrected chi connectivity index (χ1v) is 11.3. The van der Waals surface area contributed by atoms with Gasteiger partial charge in [0.25, 0.3) is 0 Å². The van der Waals surface area contributed by atoms with Crippen LogP contribution < -0.4 is 10.2 Å². The number of carbonyl (C=O) groups is 2. The van der Waals surface area contributed by atoms with E-state index in [1.807, 2.05) is 4.90 Å². The first kappa shape index (κ1) is 19.7. The Bertz CT molecular complexity index is 616. The topological polar surface area (TPSA) is 78.4 Å². The number of rotatable bonds is 7. The predicted octanol–water partition coefficient (Wildman–Crippen LogP) is 1.97. The summed E-state index contributed by atoms with van der Waals surface area (Å²) in [5.41, 5.74) is 0. The summed E-state index contributed by atoms with van der Waals surface area (Å²) in [6.45, 7) is 2.86. The maximum Gasteiger partial charge on any atom is 0.230 e. The second-order valence-electron chi connectivity index (χ2n) is 6.49. The van der Waals surface area contributed by atoms with Crippen molar-refractivity contribution in [3.63, 3.8) is 0 Å². The van der Waals surface area contributed by atoms with Crippen molar-refractivity contribution in [2.24, 2.45) is 0 Å². The molecule has 0 aromatic carbocycles.